The van der Waals surface area contributed by atoms with E-state index in [4.69, 9.17) is 4.74 Å². The molecule has 0 saturated heterocycles. The minimum Gasteiger partial charge on any atom is -0.492 e. The Hall–Kier alpha value is -1.10. The summed E-state index contributed by atoms with van der Waals surface area (Å²) < 4.78 is 18.5. The monoisotopic (exact) mass is 261 g/mol. The Labute approximate surface area is 89.4 Å². The summed E-state index contributed by atoms with van der Waals surface area (Å²) in [6.45, 7) is 1.36. The Kier molecular flexibility index (Phi) is 3.46. The lowest BCUT2D eigenvalue weighted by molar-refractivity contribution is -0.114. The number of carbonyl (C=O) groups is 1. The second kappa shape index (κ2) is 4.41. The van der Waals surface area contributed by atoms with Crippen LogP contribution in [-0.2, 0) is 4.79 Å². The van der Waals surface area contributed by atoms with Crippen molar-refractivity contribution in [3.05, 3.63) is 22.4 Å². The summed E-state index contributed by atoms with van der Waals surface area (Å²) in [5.41, 5.74) is 0.391. The number of rotatable bonds is 2. The molecule has 0 heterocycles. The van der Waals surface area contributed by atoms with E-state index in [2.05, 4.69) is 21.2 Å². The average molecular weight is 262 g/mol. The topological polar surface area (TPSA) is 38.3 Å². The molecule has 1 amide bonds. The first-order valence-electron chi connectivity index (χ1n) is 3.85. The molecule has 5 heteroatoms. The van der Waals surface area contributed by atoms with Crippen molar-refractivity contribution >= 4 is 27.5 Å². The second-order valence-electron chi connectivity index (χ2n) is 2.65. The van der Waals surface area contributed by atoms with Gasteiger partial charge in [0.2, 0.25) is 5.91 Å². The number of methoxy groups -OCH3 is 1. The maximum absolute atomic E-state index is 13.3. The Morgan fingerprint density at radius 3 is 2.64 bits per heavy atom. The van der Waals surface area contributed by atoms with Gasteiger partial charge in [0, 0.05) is 18.7 Å². The number of halogens is 2. The number of hydrogen-bond donors (Lipinski definition) is 1. The summed E-state index contributed by atoms with van der Waals surface area (Å²) in [5, 5.41) is 2.47. The zero-order valence-corrected chi connectivity index (χ0v) is 9.31. The molecule has 1 rings (SSSR count). The predicted molar refractivity (Wildman–Crippen MR) is 55.0 cm³/mol. The molecule has 0 atom stereocenters. The standard InChI is InChI=1S/C9H9BrFNO2/c1-5(13)12-6-3-7(10)9(14-2)8(11)4-6/h3-4H,1-2H3,(H,12,13). The molecule has 0 aliphatic carbocycles. The number of anilines is 1. The molecule has 0 spiro atoms. The molecular weight excluding hydrogens is 253 g/mol. The van der Waals surface area contributed by atoms with Gasteiger partial charge in [-0.1, -0.05) is 0 Å². The normalized spacial score (nSPS) is 9.71. The zero-order chi connectivity index (χ0) is 10.7. The first-order valence-corrected chi connectivity index (χ1v) is 4.64. The minimum absolute atomic E-state index is 0.124. The zero-order valence-electron chi connectivity index (χ0n) is 7.73. The maximum Gasteiger partial charge on any atom is 0.221 e. The fourth-order valence-electron chi connectivity index (χ4n) is 1.03. The van der Waals surface area contributed by atoms with E-state index < -0.39 is 5.82 Å². The highest BCUT2D eigenvalue weighted by atomic mass is 79.9. The summed E-state index contributed by atoms with van der Waals surface area (Å²) in [6, 6.07) is 2.77. The van der Waals surface area contributed by atoms with Crippen molar-refractivity contribution in [3.8, 4) is 5.75 Å². The minimum atomic E-state index is -0.523. The van der Waals surface area contributed by atoms with E-state index in [1.54, 1.807) is 6.07 Å². The molecular formula is C9H9BrFNO2. The summed E-state index contributed by atoms with van der Waals surface area (Å²) in [7, 11) is 1.38. The van der Waals surface area contributed by atoms with Gasteiger partial charge in [-0.3, -0.25) is 4.79 Å². The Morgan fingerprint density at radius 2 is 2.21 bits per heavy atom. The second-order valence-corrected chi connectivity index (χ2v) is 3.51. The van der Waals surface area contributed by atoms with Crippen LogP contribution in [0.2, 0.25) is 0 Å². The Morgan fingerprint density at radius 1 is 1.57 bits per heavy atom. The molecule has 0 fully saturated rings. The van der Waals surface area contributed by atoms with Crippen LogP contribution < -0.4 is 10.1 Å². The van der Waals surface area contributed by atoms with Crippen LogP contribution >= 0.6 is 15.9 Å². The van der Waals surface area contributed by atoms with Crippen LogP contribution in [-0.4, -0.2) is 13.0 Å². The summed E-state index contributed by atoms with van der Waals surface area (Å²) in [4.78, 5) is 10.7. The number of hydrogen-bond acceptors (Lipinski definition) is 2. The maximum atomic E-state index is 13.3. The lowest BCUT2D eigenvalue weighted by atomic mass is 10.3. The van der Waals surface area contributed by atoms with Crippen LogP contribution in [0.3, 0.4) is 0 Å². The molecule has 0 aliphatic heterocycles. The lowest BCUT2D eigenvalue weighted by Gasteiger charge is -2.07. The van der Waals surface area contributed by atoms with Crippen molar-refractivity contribution in [2.45, 2.75) is 6.92 Å². The van der Waals surface area contributed by atoms with Gasteiger partial charge in [0.25, 0.3) is 0 Å². The number of benzene rings is 1. The van der Waals surface area contributed by atoms with Crippen LogP contribution in [0.1, 0.15) is 6.92 Å². The molecule has 1 aromatic rings. The molecule has 0 saturated carbocycles. The third-order valence-corrected chi connectivity index (χ3v) is 2.11. The van der Waals surface area contributed by atoms with Crippen molar-refractivity contribution in [2.24, 2.45) is 0 Å². The molecule has 1 N–H and O–H groups in total. The van der Waals surface area contributed by atoms with Crippen molar-refractivity contribution in [1.82, 2.24) is 0 Å². The fourth-order valence-corrected chi connectivity index (χ4v) is 1.63. The number of amides is 1. The molecule has 0 unspecified atom stereocenters. The van der Waals surface area contributed by atoms with E-state index in [1.807, 2.05) is 0 Å². The third kappa shape index (κ3) is 2.45. The van der Waals surface area contributed by atoms with Crippen molar-refractivity contribution in [2.75, 3.05) is 12.4 Å². The van der Waals surface area contributed by atoms with E-state index in [-0.39, 0.29) is 11.7 Å². The molecule has 76 valence electrons. The fraction of sp³-hybridized carbons (Fsp3) is 0.222. The van der Waals surface area contributed by atoms with E-state index in [0.717, 1.165) is 0 Å². The molecule has 3 nitrogen and oxygen atoms in total. The molecule has 1 aromatic carbocycles. The Balaban J connectivity index is 3.07. The van der Waals surface area contributed by atoms with Gasteiger partial charge in [-0.05, 0) is 22.0 Å². The van der Waals surface area contributed by atoms with Crippen LogP contribution in [0.15, 0.2) is 16.6 Å². The first-order chi connectivity index (χ1) is 6.54. The lowest BCUT2D eigenvalue weighted by Crippen LogP contribution is -2.06. The van der Waals surface area contributed by atoms with Gasteiger partial charge in [0.15, 0.2) is 11.6 Å². The average Bonchev–Trinajstić information content (AvgIpc) is 2.01. The molecule has 0 bridgehead atoms. The van der Waals surface area contributed by atoms with Crippen molar-refractivity contribution in [3.63, 3.8) is 0 Å². The SMILES string of the molecule is COc1c(F)cc(NC(C)=O)cc1Br. The Bertz CT molecular complexity index is 345. The van der Waals surface area contributed by atoms with Crippen molar-refractivity contribution in [1.29, 1.82) is 0 Å². The van der Waals surface area contributed by atoms with Crippen LogP contribution in [0.5, 0.6) is 5.75 Å². The number of carbonyl (C=O) groups excluding carboxylic acids is 1. The quantitative estimate of drug-likeness (QED) is 0.889. The van der Waals surface area contributed by atoms with Crippen molar-refractivity contribution < 1.29 is 13.9 Å². The van der Waals surface area contributed by atoms with Gasteiger partial charge in [-0.2, -0.15) is 0 Å². The van der Waals surface area contributed by atoms with Crippen LogP contribution in [0.25, 0.3) is 0 Å². The van der Waals surface area contributed by atoms with Gasteiger partial charge >= 0.3 is 0 Å². The molecule has 0 radical (unpaired) electrons. The van der Waals surface area contributed by atoms with Gasteiger partial charge in [0.05, 0.1) is 11.6 Å². The number of ether oxygens (including phenoxy) is 1. The highest BCUT2D eigenvalue weighted by Crippen LogP contribution is 2.31. The van der Waals surface area contributed by atoms with Crippen LogP contribution in [0.4, 0.5) is 10.1 Å². The smallest absolute Gasteiger partial charge is 0.221 e. The van der Waals surface area contributed by atoms with Gasteiger partial charge < -0.3 is 10.1 Å². The van der Waals surface area contributed by atoms with E-state index in [9.17, 15) is 9.18 Å². The van der Waals surface area contributed by atoms with E-state index in [0.29, 0.717) is 10.2 Å². The molecule has 0 aliphatic rings. The third-order valence-electron chi connectivity index (χ3n) is 1.52. The number of nitrogens with one attached hydrogen (secondary N) is 1. The van der Waals surface area contributed by atoms with Gasteiger partial charge in [-0.25, -0.2) is 4.39 Å². The molecule has 0 aromatic heterocycles. The molecule has 14 heavy (non-hydrogen) atoms. The first kappa shape index (κ1) is 11.0. The largest absolute Gasteiger partial charge is 0.492 e. The van der Waals surface area contributed by atoms with Crippen LogP contribution in [0, 0.1) is 5.82 Å². The summed E-state index contributed by atoms with van der Waals surface area (Å²) in [6.07, 6.45) is 0. The van der Waals surface area contributed by atoms with Gasteiger partial charge in [0.1, 0.15) is 0 Å². The summed E-state index contributed by atoms with van der Waals surface area (Å²) >= 11 is 3.13. The summed E-state index contributed by atoms with van der Waals surface area (Å²) in [5.74, 6) is -0.647. The van der Waals surface area contributed by atoms with E-state index in [1.165, 1.54) is 20.1 Å². The highest BCUT2D eigenvalue weighted by Gasteiger charge is 2.09. The predicted octanol–water partition coefficient (Wildman–Crippen LogP) is 2.56. The van der Waals surface area contributed by atoms with E-state index >= 15 is 0 Å². The van der Waals surface area contributed by atoms with Gasteiger partial charge in [-0.15, -0.1) is 0 Å². The highest BCUT2D eigenvalue weighted by molar-refractivity contribution is 9.10.